The Labute approximate surface area is 134 Å². The molecule has 0 atom stereocenters. The van der Waals surface area contributed by atoms with Crippen LogP contribution in [-0.2, 0) is 16.1 Å². The molecule has 0 unspecified atom stereocenters. The molecule has 2 heterocycles. The zero-order valence-corrected chi connectivity index (χ0v) is 13.1. The normalized spacial score (nSPS) is 19.4. The van der Waals surface area contributed by atoms with Crippen molar-refractivity contribution in [3.05, 3.63) is 6.20 Å². The highest BCUT2D eigenvalue weighted by Gasteiger charge is 2.26. The molecular formula is C15H23N5O3. The molecule has 2 amide bonds. The van der Waals surface area contributed by atoms with Crippen LogP contribution in [0.1, 0.15) is 32.1 Å². The Balaban J connectivity index is 1.48. The molecule has 2 aliphatic rings. The van der Waals surface area contributed by atoms with E-state index >= 15 is 0 Å². The van der Waals surface area contributed by atoms with Crippen LogP contribution in [0.5, 0.6) is 0 Å². The Morgan fingerprint density at radius 3 is 2.61 bits per heavy atom. The number of carbonyl (C=O) groups is 2. The molecule has 126 valence electrons. The Bertz CT molecular complexity index is 561. The van der Waals surface area contributed by atoms with Crippen LogP contribution in [0.4, 0.5) is 5.82 Å². The van der Waals surface area contributed by atoms with E-state index in [0.29, 0.717) is 24.8 Å². The van der Waals surface area contributed by atoms with Gasteiger partial charge in [0.2, 0.25) is 11.8 Å². The standard InChI is InChI=1S/C15H23N5O3/c21-10-11-4-6-19(7-5-11)14(22)9-20-8-13(17-18-20)16-15(23)12-2-1-3-12/h8,11-12,21H,1-7,9-10H2,(H,16,23). The highest BCUT2D eigenvalue weighted by atomic mass is 16.3. The van der Waals surface area contributed by atoms with Crippen molar-refractivity contribution >= 4 is 17.6 Å². The first-order chi connectivity index (χ1) is 11.2. The summed E-state index contributed by atoms with van der Waals surface area (Å²) in [6.45, 7) is 1.65. The lowest BCUT2D eigenvalue weighted by molar-refractivity contribution is -0.133. The Kier molecular flexibility index (Phi) is 4.90. The van der Waals surface area contributed by atoms with E-state index in [1.807, 2.05) is 0 Å². The molecule has 2 fully saturated rings. The number of likely N-dealkylation sites (tertiary alicyclic amines) is 1. The second-order valence-electron chi connectivity index (χ2n) is 6.43. The van der Waals surface area contributed by atoms with E-state index in [1.165, 1.54) is 4.68 Å². The van der Waals surface area contributed by atoms with Gasteiger partial charge in [-0.25, -0.2) is 4.68 Å². The minimum absolute atomic E-state index is 0.0110. The van der Waals surface area contributed by atoms with Crippen LogP contribution in [0, 0.1) is 11.8 Å². The number of hydrogen-bond acceptors (Lipinski definition) is 5. The summed E-state index contributed by atoms with van der Waals surface area (Å²) >= 11 is 0. The predicted octanol–water partition coefficient (Wildman–Crippen LogP) is 0.248. The minimum Gasteiger partial charge on any atom is -0.396 e. The first-order valence-electron chi connectivity index (χ1n) is 8.25. The first-order valence-corrected chi connectivity index (χ1v) is 8.25. The minimum atomic E-state index is -0.0132. The summed E-state index contributed by atoms with van der Waals surface area (Å²) in [4.78, 5) is 25.9. The van der Waals surface area contributed by atoms with Gasteiger partial charge in [0, 0.05) is 25.6 Å². The number of carbonyl (C=O) groups excluding carboxylic acids is 2. The van der Waals surface area contributed by atoms with E-state index in [1.54, 1.807) is 11.1 Å². The van der Waals surface area contributed by atoms with Gasteiger partial charge in [-0.3, -0.25) is 9.59 Å². The van der Waals surface area contributed by atoms with Crippen LogP contribution in [-0.4, -0.2) is 56.5 Å². The van der Waals surface area contributed by atoms with Crippen molar-refractivity contribution in [2.75, 3.05) is 25.0 Å². The van der Waals surface area contributed by atoms with Gasteiger partial charge < -0.3 is 15.3 Å². The maximum absolute atomic E-state index is 12.2. The van der Waals surface area contributed by atoms with Gasteiger partial charge in [0.25, 0.3) is 0 Å². The maximum Gasteiger partial charge on any atom is 0.244 e. The molecule has 3 rings (SSSR count). The van der Waals surface area contributed by atoms with Crippen molar-refractivity contribution in [1.29, 1.82) is 0 Å². The summed E-state index contributed by atoms with van der Waals surface area (Å²) in [6, 6.07) is 0. The fourth-order valence-corrected chi connectivity index (χ4v) is 2.94. The molecule has 2 N–H and O–H groups in total. The largest absolute Gasteiger partial charge is 0.396 e. The number of aliphatic hydroxyl groups is 1. The van der Waals surface area contributed by atoms with E-state index in [2.05, 4.69) is 15.6 Å². The smallest absolute Gasteiger partial charge is 0.244 e. The topological polar surface area (TPSA) is 100 Å². The predicted molar refractivity (Wildman–Crippen MR) is 82.4 cm³/mol. The molecule has 0 bridgehead atoms. The number of amides is 2. The van der Waals surface area contributed by atoms with Gasteiger partial charge in [-0.15, -0.1) is 5.10 Å². The Hall–Kier alpha value is -1.96. The third kappa shape index (κ3) is 3.87. The van der Waals surface area contributed by atoms with Gasteiger partial charge in [0.1, 0.15) is 6.54 Å². The summed E-state index contributed by atoms with van der Waals surface area (Å²) in [5.41, 5.74) is 0. The van der Waals surface area contributed by atoms with Gasteiger partial charge >= 0.3 is 0 Å². The van der Waals surface area contributed by atoms with Crippen molar-refractivity contribution in [2.45, 2.75) is 38.6 Å². The molecule has 1 aromatic heterocycles. The molecule has 1 aliphatic carbocycles. The van der Waals surface area contributed by atoms with Gasteiger partial charge in [-0.2, -0.15) is 0 Å². The fourth-order valence-electron chi connectivity index (χ4n) is 2.94. The molecule has 0 spiro atoms. The highest BCUT2D eigenvalue weighted by molar-refractivity contribution is 5.92. The average Bonchev–Trinajstić information content (AvgIpc) is 2.92. The Morgan fingerprint density at radius 1 is 1.26 bits per heavy atom. The van der Waals surface area contributed by atoms with Crippen LogP contribution in [0.15, 0.2) is 6.20 Å². The van der Waals surface area contributed by atoms with Crippen LogP contribution >= 0.6 is 0 Å². The summed E-state index contributed by atoms with van der Waals surface area (Å²) in [7, 11) is 0. The van der Waals surface area contributed by atoms with E-state index in [0.717, 1.165) is 32.1 Å². The van der Waals surface area contributed by atoms with E-state index in [-0.39, 0.29) is 30.9 Å². The molecule has 8 nitrogen and oxygen atoms in total. The van der Waals surface area contributed by atoms with E-state index < -0.39 is 0 Å². The summed E-state index contributed by atoms with van der Waals surface area (Å²) < 4.78 is 1.46. The number of nitrogens with zero attached hydrogens (tertiary/aromatic N) is 4. The van der Waals surface area contributed by atoms with Gasteiger partial charge in [0.05, 0.1) is 6.20 Å². The first kappa shape index (κ1) is 15.9. The second kappa shape index (κ2) is 7.08. The van der Waals surface area contributed by atoms with Crippen LogP contribution in [0.25, 0.3) is 0 Å². The fraction of sp³-hybridized carbons (Fsp3) is 0.733. The second-order valence-corrected chi connectivity index (χ2v) is 6.43. The SMILES string of the molecule is O=C(Nc1cn(CC(=O)N2CCC(CO)CC2)nn1)C1CCC1. The molecule has 8 heteroatoms. The third-order valence-electron chi connectivity index (χ3n) is 4.79. The molecule has 1 saturated heterocycles. The quantitative estimate of drug-likeness (QED) is 0.809. The Morgan fingerprint density at radius 2 is 2.00 bits per heavy atom. The summed E-state index contributed by atoms with van der Waals surface area (Å²) in [6.07, 6.45) is 6.23. The molecular weight excluding hydrogens is 298 g/mol. The summed E-state index contributed by atoms with van der Waals surface area (Å²) in [5.74, 6) is 0.769. The molecule has 1 saturated carbocycles. The number of aromatic nitrogens is 3. The number of nitrogens with one attached hydrogen (secondary N) is 1. The average molecular weight is 321 g/mol. The number of hydrogen-bond donors (Lipinski definition) is 2. The van der Waals surface area contributed by atoms with Crippen molar-refractivity contribution in [2.24, 2.45) is 11.8 Å². The van der Waals surface area contributed by atoms with Crippen LogP contribution in [0.2, 0.25) is 0 Å². The van der Waals surface area contributed by atoms with Crippen molar-refractivity contribution < 1.29 is 14.7 Å². The number of aliphatic hydroxyl groups excluding tert-OH is 1. The van der Waals surface area contributed by atoms with Crippen molar-refractivity contribution in [1.82, 2.24) is 19.9 Å². The van der Waals surface area contributed by atoms with Crippen LogP contribution in [0.3, 0.4) is 0 Å². The van der Waals surface area contributed by atoms with Gasteiger partial charge in [-0.05, 0) is 31.6 Å². The van der Waals surface area contributed by atoms with E-state index in [9.17, 15) is 9.59 Å². The summed E-state index contributed by atoms with van der Waals surface area (Å²) in [5, 5.41) is 19.7. The molecule has 23 heavy (non-hydrogen) atoms. The number of piperidine rings is 1. The molecule has 1 aliphatic heterocycles. The zero-order valence-electron chi connectivity index (χ0n) is 13.1. The molecule has 0 radical (unpaired) electrons. The highest BCUT2D eigenvalue weighted by Crippen LogP contribution is 2.27. The van der Waals surface area contributed by atoms with Crippen molar-refractivity contribution in [3.8, 4) is 0 Å². The monoisotopic (exact) mass is 321 g/mol. The van der Waals surface area contributed by atoms with Crippen molar-refractivity contribution in [3.63, 3.8) is 0 Å². The number of rotatable bonds is 5. The zero-order chi connectivity index (χ0) is 16.2. The third-order valence-corrected chi connectivity index (χ3v) is 4.79. The van der Waals surface area contributed by atoms with Crippen LogP contribution < -0.4 is 5.32 Å². The van der Waals surface area contributed by atoms with Gasteiger partial charge in [-0.1, -0.05) is 11.6 Å². The molecule has 1 aromatic rings. The van der Waals surface area contributed by atoms with Gasteiger partial charge in [0.15, 0.2) is 5.82 Å². The lowest BCUT2D eigenvalue weighted by Crippen LogP contribution is -2.40. The lowest BCUT2D eigenvalue weighted by Gasteiger charge is -2.31. The van der Waals surface area contributed by atoms with E-state index in [4.69, 9.17) is 5.11 Å². The maximum atomic E-state index is 12.2. The number of anilines is 1. The lowest BCUT2D eigenvalue weighted by atomic mass is 9.85. The molecule has 0 aromatic carbocycles.